The highest BCUT2D eigenvalue weighted by atomic mass is 16.5. The number of carbonyl (C=O) groups is 2. The van der Waals surface area contributed by atoms with Gasteiger partial charge in [-0.1, -0.05) is 26.7 Å². The summed E-state index contributed by atoms with van der Waals surface area (Å²) in [4.78, 5) is 48.7. The van der Waals surface area contributed by atoms with E-state index in [0.717, 1.165) is 36.7 Å². The zero-order chi connectivity index (χ0) is 25.1. The zero-order valence-corrected chi connectivity index (χ0v) is 20.8. The molecule has 186 valence electrons. The van der Waals surface area contributed by atoms with Gasteiger partial charge in [0.2, 0.25) is 5.43 Å². The molecule has 9 heteroatoms. The van der Waals surface area contributed by atoms with Gasteiger partial charge in [0.1, 0.15) is 22.7 Å². The minimum absolute atomic E-state index is 0.0292. The molecule has 1 saturated carbocycles. The molecule has 0 spiro atoms. The molecule has 2 aromatic heterocycles. The molecular weight excluding hydrogens is 446 g/mol. The Hall–Kier alpha value is -3.62. The van der Waals surface area contributed by atoms with E-state index in [2.05, 4.69) is 15.3 Å². The molecule has 9 nitrogen and oxygen atoms in total. The SMILES string of the molecule is COc1ccc2nc(CNC(=O)c3cn(C4CCCC4)cc(C(=O)N(C)CC(C)C)c3=O)[nH]c2c1. The largest absolute Gasteiger partial charge is 0.497 e. The Bertz CT molecular complexity index is 1290. The molecule has 35 heavy (non-hydrogen) atoms. The number of ether oxygens (including phenoxy) is 1. The quantitative estimate of drug-likeness (QED) is 0.514. The van der Waals surface area contributed by atoms with Crippen LogP contribution in [0.4, 0.5) is 0 Å². The number of benzene rings is 1. The van der Waals surface area contributed by atoms with E-state index in [9.17, 15) is 14.4 Å². The van der Waals surface area contributed by atoms with Crippen LogP contribution in [0.25, 0.3) is 11.0 Å². The molecule has 0 bridgehead atoms. The third-order valence-corrected chi connectivity index (χ3v) is 6.41. The zero-order valence-electron chi connectivity index (χ0n) is 20.8. The number of rotatable bonds is 8. The van der Waals surface area contributed by atoms with Gasteiger partial charge in [-0.05, 0) is 30.9 Å². The Balaban J connectivity index is 1.60. The van der Waals surface area contributed by atoms with E-state index in [1.807, 2.05) is 36.6 Å². The number of H-pyrrole nitrogens is 1. The van der Waals surface area contributed by atoms with E-state index >= 15 is 0 Å². The Kier molecular flexibility index (Phi) is 7.23. The number of methoxy groups -OCH3 is 1. The molecule has 0 radical (unpaired) electrons. The lowest BCUT2D eigenvalue weighted by Gasteiger charge is -2.22. The fourth-order valence-corrected chi connectivity index (χ4v) is 4.67. The second-order valence-electron chi connectivity index (χ2n) is 9.63. The van der Waals surface area contributed by atoms with Gasteiger partial charge in [-0.3, -0.25) is 14.4 Å². The second-order valence-corrected chi connectivity index (χ2v) is 9.63. The van der Waals surface area contributed by atoms with Crippen LogP contribution in [0.3, 0.4) is 0 Å². The highest BCUT2D eigenvalue weighted by molar-refractivity contribution is 5.99. The van der Waals surface area contributed by atoms with E-state index in [0.29, 0.717) is 18.1 Å². The smallest absolute Gasteiger partial charge is 0.259 e. The molecule has 4 rings (SSSR count). The Morgan fingerprint density at radius 1 is 1.23 bits per heavy atom. The van der Waals surface area contributed by atoms with Crippen molar-refractivity contribution < 1.29 is 14.3 Å². The first kappa shape index (κ1) is 24.5. The van der Waals surface area contributed by atoms with Crippen LogP contribution >= 0.6 is 0 Å². The average molecular weight is 480 g/mol. The lowest BCUT2D eigenvalue weighted by Crippen LogP contribution is -2.37. The van der Waals surface area contributed by atoms with Crippen LogP contribution in [0.2, 0.25) is 0 Å². The van der Waals surface area contributed by atoms with Gasteiger partial charge in [0.15, 0.2) is 0 Å². The maximum absolute atomic E-state index is 13.3. The Morgan fingerprint density at radius 2 is 1.94 bits per heavy atom. The first-order valence-corrected chi connectivity index (χ1v) is 12.1. The van der Waals surface area contributed by atoms with Gasteiger partial charge < -0.3 is 24.5 Å². The van der Waals surface area contributed by atoms with E-state index in [1.54, 1.807) is 31.5 Å². The van der Waals surface area contributed by atoms with Crippen molar-refractivity contribution in [2.24, 2.45) is 5.92 Å². The third kappa shape index (κ3) is 5.39. The minimum atomic E-state index is -0.549. The molecule has 1 aromatic carbocycles. The normalized spacial score (nSPS) is 14.0. The van der Waals surface area contributed by atoms with Crippen LogP contribution in [0, 0.1) is 5.92 Å². The number of hydrogen-bond acceptors (Lipinski definition) is 5. The summed E-state index contributed by atoms with van der Waals surface area (Å²) >= 11 is 0. The monoisotopic (exact) mass is 479 g/mol. The summed E-state index contributed by atoms with van der Waals surface area (Å²) in [6.45, 7) is 4.66. The van der Waals surface area contributed by atoms with E-state index < -0.39 is 11.3 Å². The molecule has 0 unspecified atom stereocenters. The molecule has 0 atom stereocenters. The number of amides is 2. The van der Waals surface area contributed by atoms with Crippen LogP contribution in [0.15, 0.2) is 35.4 Å². The fraction of sp³-hybridized carbons (Fsp3) is 0.462. The number of nitrogens with zero attached hydrogens (tertiary/aromatic N) is 3. The molecule has 3 aromatic rings. The van der Waals surface area contributed by atoms with Crippen molar-refractivity contribution in [1.82, 2.24) is 24.8 Å². The maximum Gasteiger partial charge on any atom is 0.259 e. The van der Waals surface area contributed by atoms with E-state index in [1.165, 1.54) is 0 Å². The van der Waals surface area contributed by atoms with E-state index in [-0.39, 0.29) is 35.5 Å². The van der Waals surface area contributed by atoms with Crippen molar-refractivity contribution in [3.8, 4) is 5.75 Å². The average Bonchev–Trinajstić information content (AvgIpc) is 3.51. The molecule has 0 saturated heterocycles. The van der Waals surface area contributed by atoms with Gasteiger partial charge in [-0.15, -0.1) is 0 Å². The van der Waals surface area contributed by atoms with Crippen molar-refractivity contribution in [2.45, 2.75) is 52.1 Å². The van der Waals surface area contributed by atoms with Crippen LogP contribution in [0.1, 0.15) is 72.1 Å². The standard InChI is InChI=1S/C26H33N5O4/c1-16(2)13-30(3)26(34)20-15-31(17-7-5-6-8-17)14-19(24(20)32)25(33)27-12-23-28-21-10-9-18(35-4)11-22(21)29-23/h9-11,14-17H,5-8,12-13H2,1-4H3,(H,27,33)(H,28,29). The molecule has 2 amide bonds. The first-order valence-electron chi connectivity index (χ1n) is 12.1. The van der Waals surface area contributed by atoms with Gasteiger partial charge in [0, 0.05) is 38.1 Å². The maximum atomic E-state index is 13.3. The summed E-state index contributed by atoms with van der Waals surface area (Å²) in [6.07, 6.45) is 7.32. The summed E-state index contributed by atoms with van der Waals surface area (Å²) in [5.74, 6) is 0.628. The highest BCUT2D eigenvalue weighted by Gasteiger charge is 2.25. The number of aromatic nitrogens is 3. The predicted molar refractivity (Wildman–Crippen MR) is 134 cm³/mol. The third-order valence-electron chi connectivity index (χ3n) is 6.41. The van der Waals surface area contributed by atoms with Crippen LogP contribution in [-0.4, -0.2) is 52.0 Å². The number of carbonyl (C=O) groups excluding carboxylic acids is 2. The summed E-state index contributed by atoms with van der Waals surface area (Å²) in [6, 6.07) is 5.65. The van der Waals surface area contributed by atoms with Gasteiger partial charge in [-0.25, -0.2) is 4.98 Å². The number of fused-ring (bicyclic) bond motifs is 1. The summed E-state index contributed by atoms with van der Waals surface area (Å²) in [5.41, 5.74) is 0.992. The molecule has 1 fully saturated rings. The van der Waals surface area contributed by atoms with Crippen molar-refractivity contribution in [1.29, 1.82) is 0 Å². The molecule has 1 aliphatic carbocycles. The number of hydrogen-bond donors (Lipinski definition) is 2. The number of imidazole rings is 1. The molecule has 0 aliphatic heterocycles. The lowest BCUT2D eigenvalue weighted by atomic mass is 10.1. The minimum Gasteiger partial charge on any atom is -0.497 e. The Labute approximate surface area is 204 Å². The van der Waals surface area contributed by atoms with Crippen LogP contribution in [0.5, 0.6) is 5.75 Å². The summed E-state index contributed by atoms with van der Waals surface area (Å²) < 4.78 is 7.12. The van der Waals surface area contributed by atoms with Gasteiger partial charge in [-0.2, -0.15) is 0 Å². The van der Waals surface area contributed by atoms with Crippen LogP contribution < -0.4 is 15.5 Å². The predicted octanol–water partition coefficient (Wildman–Crippen LogP) is 3.51. The molecule has 1 aliphatic rings. The highest BCUT2D eigenvalue weighted by Crippen LogP contribution is 2.29. The van der Waals surface area contributed by atoms with Crippen LogP contribution in [-0.2, 0) is 6.54 Å². The van der Waals surface area contributed by atoms with Crippen molar-refractivity contribution in [3.63, 3.8) is 0 Å². The van der Waals surface area contributed by atoms with Crippen molar-refractivity contribution in [3.05, 3.63) is 57.8 Å². The Morgan fingerprint density at radius 3 is 2.63 bits per heavy atom. The summed E-state index contributed by atoms with van der Waals surface area (Å²) in [5, 5.41) is 2.79. The lowest BCUT2D eigenvalue weighted by molar-refractivity contribution is 0.0776. The van der Waals surface area contributed by atoms with Gasteiger partial charge in [0.05, 0.1) is 24.7 Å². The fourth-order valence-electron chi connectivity index (χ4n) is 4.67. The topological polar surface area (TPSA) is 109 Å². The summed E-state index contributed by atoms with van der Waals surface area (Å²) in [7, 11) is 3.28. The number of nitrogens with one attached hydrogen (secondary N) is 2. The number of pyridine rings is 1. The van der Waals surface area contributed by atoms with Gasteiger partial charge >= 0.3 is 0 Å². The van der Waals surface area contributed by atoms with Gasteiger partial charge in [0.25, 0.3) is 11.8 Å². The van der Waals surface area contributed by atoms with Crippen molar-refractivity contribution in [2.75, 3.05) is 20.7 Å². The molecule has 2 heterocycles. The molecular formula is C26H33N5O4. The van der Waals surface area contributed by atoms with E-state index in [4.69, 9.17) is 4.74 Å². The molecule has 2 N–H and O–H groups in total. The van der Waals surface area contributed by atoms with Crippen molar-refractivity contribution >= 4 is 22.8 Å². The second kappa shape index (κ2) is 10.3. The number of aromatic amines is 1. The first-order chi connectivity index (χ1) is 16.8.